The van der Waals surface area contributed by atoms with Crippen LogP contribution in [0.25, 0.3) is 0 Å². The van der Waals surface area contributed by atoms with E-state index in [1.807, 2.05) is 0 Å². The Bertz CT molecular complexity index is 715. The Balaban J connectivity index is 2.00. The van der Waals surface area contributed by atoms with E-state index in [0.717, 1.165) is 12.1 Å². The molecule has 1 heterocycles. The molecule has 0 saturated carbocycles. The number of aryl methyl sites for hydroxylation is 2. The van der Waals surface area contributed by atoms with E-state index in [1.165, 1.54) is 6.33 Å². The Morgan fingerprint density at radius 2 is 2.19 bits per heavy atom. The van der Waals surface area contributed by atoms with Crippen molar-refractivity contribution in [2.75, 3.05) is 12.3 Å². The van der Waals surface area contributed by atoms with Crippen molar-refractivity contribution in [2.45, 2.75) is 24.7 Å². The molecule has 9 heteroatoms. The van der Waals surface area contributed by atoms with E-state index in [0.29, 0.717) is 24.2 Å². The van der Waals surface area contributed by atoms with Gasteiger partial charge in [0.2, 0.25) is 10.0 Å². The maximum absolute atomic E-state index is 13.8. The largest absolute Gasteiger partial charge is 0.398 e. The number of H-pyrrole nitrogens is 1. The molecule has 2 rings (SSSR count). The Morgan fingerprint density at radius 1 is 1.43 bits per heavy atom. The minimum Gasteiger partial charge on any atom is -0.398 e. The summed E-state index contributed by atoms with van der Waals surface area (Å²) in [4.78, 5) is 3.48. The number of benzene rings is 1. The number of anilines is 1. The molecule has 21 heavy (non-hydrogen) atoms. The Labute approximate surface area is 121 Å². The van der Waals surface area contributed by atoms with Crippen molar-refractivity contribution in [1.29, 1.82) is 0 Å². The number of nitrogen functional groups attached to an aromatic ring is 1. The summed E-state index contributed by atoms with van der Waals surface area (Å²) in [5.41, 5.74) is 6.36. The van der Waals surface area contributed by atoms with Crippen LogP contribution in [-0.2, 0) is 16.4 Å². The molecule has 0 aliphatic heterocycles. The Hall–Kier alpha value is -2.00. The highest BCUT2D eigenvalue weighted by molar-refractivity contribution is 7.89. The van der Waals surface area contributed by atoms with Gasteiger partial charge in [-0.1, -0.05) is 0 Å². The average Bonchev–Trinajstić information content (AvgIpc) is 2.92. The second-order valence-electron chi connectivity index (χ2n) is 4.57. The number of hydrogen-bond acceptors (Lipinski definition) is 5. The van der Waals surface area contributed by atoms with Crippen LogP contribution in [-0.4, -0.2) is 30.1 Å². The summed E-state index contributed by atoms with van der Waals surface area (Å²) in [5.74, 6) is -0.149. The molecular formula is C12H16FN5O2S. The van der Waals surface area contributed by atoms with Gasteiger partial charge < -0.3 is 5.73 Å². The molecule has 7 nitrogen and oxygen atoms in total. The third-order valence-corrected chi connectivity index (χ3v) is 4.43. The molecule has 0 radical (unpaired) electrons. The molecular weight excluding hydrogens is 297 g/mol. The zero-order chi connectivity index (χ0) is 15.5. The van der Waals surface area contributed by atoms with Gasteiger partial charge in [-0.15, -0.1) is 0 Å². The van der Waals surface area contributed by atoms with Gasteiger partial charge in [-0.2, -0.15) is 5.10 Å². The summed E-state index contributed by atoms with van der Waals surface area (Å²) in [6.07, 6.45) is 2.43. The molecule has 0 spiro atoms. The van der Waals surface area contributed by atoms with Crippen molar-refractivity contribution in [3.05, 3.63) is 35.7 Å². The van der Waals surface area contributed by atoms with E-state index >= 15 is 0 Å². The molecule has 0 bridgehead atoms. The molecule has 0 aliphatic carbocycles. The van der Waals surface area contributed by atoms with Crippen LogP contribution in [0, 0.1) is 12.7 Å². The number of hydrogen-bond donors (Lipinski definition) is 3. The number of rotatable bonds is 6. The molecule has 0 unspecified atom stereocenters. The summed E-state index contributed by atoms with van der Waals surface area (Å²) in [7, 11) is -3.92. The van der Waals surface area contributed by atoms with Crippen molar-refractivity contribution in [3.63, 3.8) is 0 Å². The fourth-order valence-corrected chi connectivity index (χ4v) is 2.93. The SMILES string of the molecule is Cc1cc(F)c(S(=O)(=O)NCCCc2ncn[nH]2)cc1N. The number of nitrogens with one attached hydrogen (secondary N) is 2. The van der Waals surface area contributed by atoms with E-state index in [4.69, 9.17) is 5.73 Å². The first-order valence-electron chi connectivity index (χ1n) is 6.29. The zero-order valence-corrected chi connectivity index (χ0v) is 12.2. The molecule has 0 fully saturated rings. The van der Waals surface area contributed by atoms with Gasteiger partial charge >= 0.3 is 0 Å². The molecule has 4 N–H and O–H groups in total. The van der Waals surface area contributed by atoms with Crippen molar-refractivity contribution < 1.29 is 12.8 Å². The fourth-order valence-electron chi connectivity index (χ4n) is 1.77. The van der Waals surface area contributed by atoms with Crippen molar-refractivity contribution in [2.24, 2.45) is 0 Å². The summed E-state index contributed by atoms with van der Waals surface area (Å²) in [6, 6.07) is 2.24. The first kappa shape index (κ1) is 15.4. The second-order valence-corrected chi connectivity index (χ2v) is 6.31. The van der Waals surface area contributed by atoms with E-state index < -0.39 is 20.7 Å². The van der Waals surface area contributed by atoms with Gasteiger partial charge in [0, 0.05) is 18.7 Å². The third kappa shape index (κ3) is 3.76. The monoisotopic (exact) mass is 313 g/mol. The number of nitrogens with two attached hydrogens (primary N) is 1. The van der Waals surface area contributed by atoms with Crippen LogP contribution in [0.5, 0.6) is 0 Å². The van der Waals surface area contributed by atoms with Crippen LogP contribution >= 0.6 is 0 Å². The first-order valence-corrected chi connectivity index (χ1v) is 7.78. The van der Waals surface area contributed by atoms with Crippen LogP contribution in [0.1, 0.15) is 17.8 Å². The molecule has 0 aliphatic rings. The minimum absolute atomic E-state index is 0.163. The van der Waals surface area contributed by atoms with Gasteiger partial charge in [0.15, 0.2) is 0 Å². The van der Waals surface area contributed by atoms with Crippen LogP contribution < -0.4 is 10.5 Å². The van der Waals surface area contributed by atoms with Gasteiger partial charge in [-0.05, 0) is 31.0 Å². The maximum Gasteiger partial charge on any atom is 0.243 e. The molecule has 0 amide bonds. The quantitative estimate of drug-likeness (QED) is 0.538. The van der Waals surface area contributed by atoms with Crippen molar-refractivity contribution in [1.82, 2.24) is 19.9 Å². The highest BCUT2D eigenvalue weighted by Gasteiger charge is 2.19. The van der Waals surface area contributed by atoms with Crippen molar-refractivity contribution >= 4 is 15.7 Å². The molecule has 114 valence electrons. The standard InChI is InChI=1S/C12H16FN5O2S/c1-8-5-9(13)11(6-10(8)14)21(19,20)17-4-2-3-12-15-7-16-18-12/h5-7,17H,2-4,14H2,1H3,(H,15,16,18). The van der Waals surface area contributed by atoms with Crippen LogP contribution in [0.15, 0.2) is 23.4 Å². The smallest absolute Gasteiger partial charge is 0.243 e. The number of sulfonamides is 1. The molecule has 2 aromatic rings. The number of nitrogens with zero attached hydrogens (tertiary/aromatic N) is 2. The van der Waals surface area contributed by atoms with Gasteiger partial charge in [0.05, 0.1) is 0 Å². The molecule has 1 aromatic heterocycles. The maximum atomic E-state index is 13.8. The summed E-state index contributed by atoms with van der Waals surface area (Å²) < 4.78 is 40.2. The molecule has 0 saturated heterocycles. The zero-order valence-electron chi connectivity index (χ0n) is 11.4. The van der Waals surface area contributed by atoms with Gasteiger partial charge in [-0.25, -0.2) is 22.5 Å². The van der Waals surface area contributed by atoms with Crippen molar-refractivity contribution in [3.8, 4) is 0 Å². The van der Waals surface area contributed by atoms with E-state index in [-0.39, 0.29) is 12.2 Å². The minimum atomic E-state index is -3.92. The normalized spacial score (nSPS) is 11.7. The van der Waals surface area contributed by atoms with Crippen LogP contribution in [0.3, 0.4) is 0 Å². The number of halogens is 1. The topological polar surface area (TPSA) is 114 Å². The van der Waals surface area contributed by atoms with E-state index in [9.17, 15) is 12.8 Å². The molecule has 1 aromatic carbocycles. The van der Waals surface area contributed by atoms with Crippen LogP contribution in [0.4, 0.5) is 10.1 Å². The van der Waals surface area contributed by atoms with Crippen LogP contribution in [0.2, 0.25) is 0 Å². The lowest BCUT2D eigenvalue weighted by atomic mass is 10.2. The highest BCUT2D eigenvalue weighted by atomic mass is 32.2. The predicted octanol–water partition coefficient (Wildman–Crippen LogP) is 0.746. The summed E-state index contributed by atoms with van der Waals surface area (Å²) >= 11 is 0. The summed E-state index contributed by atoms with van der Waals surface area (Å²) in [6.45, 7) is 1.77. The number of aromatic nitrogens is 3. The lowest BCUT2D eigenvalue weighted by Crippen LogP contribution is -2.26. The molecule has 0 atom stereocenters. The van der Waals surface area contributed by atoms with Gasteiger partial charge in [0.1, 0.15) is 22.9 Å². The van der Waals surface area contributed by atoms with Gasteiger partial charge in [0.25, 0.3) is 0 Å². The second kappa shape index (κ2) is 6.19. The first-order chi connectivity index (χ1) is 9.90. The lowest BCUT2D eigenvalue weighted by molar-refractivity contribution is 0.555. The lowest BCUT2D eigenvalue weighted by Gasteiger charge is -2.09. The fraction of sp³-hybridized carbons (Fsp3) is 0.333. The van der Waals surface area contributed by atoms with E-state index in [2.05, 4.69) is 19.9 Å². The summed E-state index contributed by atoms with van der Waals surface area (Å²) in [5, 5.41) is 6.36. The predicted molar refractivity (Wildman–Crippen MR) is 75.4 cm³/mol. The highest BCUT2D eigenvalue weighted by Crippen LogP contribution is 2.21. The Kier molecular flexibility index (Phi) is 4.53. The average molecular weight is 313 g/mol. The third-order valence-electron chi connectivity index (χ3n) is 2.96. The number of aromatic amines is 1. The van der Waals surface area contributed by atoms with Gasteiger partial charge in [-0.3, -0.25) is 5.10 Å². The van der Waals surface area contributed by atoms with E-state index in [1.54, 1.807) is 6.92 Å². The Morgan fingerprint density at radius 3 is 2.86 bits per heavy atom.